The maximum atomic E-state index is 11.8. The number of hydrogen-bond acceptors (Lipinski definition) is 1. The first-order valence-corrected chi connectivity index (χ1v) is 8.43. The van der Waals surface area contributed by atoms with Crippen LogP contribution in [0.2, 0.25) is 19.6 Å². The summed E-state index contributed by atoms with van der Waals surface area (Å²) in [6.07, 6.45) is 3.06. The molecule has 0 aliphatic rings. The van der Waals surface area contributed by atoms with Crippen LogP contribution in [0.4, 0.5) is 0 Å². The second-order valence-corrected chi connectivity index (χ2v) is 10.0. The minimum absolute atomic E-state index is 0.210. The third-order valence-electron chi connectivity index (χ3n) is 2.07. The molecule has 0 heterocycles. The summed E-state index contributed by atoms with van der Waals surface area (Å²) < 4.78 is 0. The number of carbonyl (C=O) groups excluding carboxylic acids is 1. The van der Waals surface area contributed by atoms with Crippen molar-refractivity contribution in [2.75, 3.05) is 0 Å². The Morgan fingerprint density at radius 1 is 1.31 bits per heavy atom. The fraction of sp³-hybridized carbons (Fsp3) is 0.727. The molecule has 0 aromatic heterocycles. The van der Waals surface area contributed by atoms with Gasteiger partial charge in [-0.15, -0.1) is 0 Å². The van der Waals surface area contributed by atoms with Gasteiger partial charge in [-0.1, -0.05) is 38.2 Å². The summed E-state index contributed by atoms with van der Waals surface area (Å²) in [4.78, 5) is 11.8. The van der Waals surface area contributed by atoms with Crippen molar-refractivity contribution in [3.63, 3.8) is 0 Å². The Morgan fingerprint density at radius 2 is 1.77 bits per heavy atom. The maximum Gasteiger partial charge on any atom is 0.124 e. The molecular formula is C11H22OSi. The highest BCUT2D eigenvalue weighted by molar-refractivity contribution is 7.03. The summed E-state index contributed by atoms with van der Waals surface area (Å²) in [6, 6.07) is 0. The lowest BCUT2D eigenvalue weighted by Crippen LogP contribution is -2.37. The molecule has 0 aromatic carbocycles. The highest BCUT2D eigenvalue weighted by atomic mass is 28.3. The van der Waals surface area contributed by atoms with Crippen LogP contribution in [0.5, 0.6) is 0 Å². The SMILES string of the molecule is CC(C)=CCC(C)C(=O)[Si](C)(C)C. The van der Waals surface area contributed by atoms with Gasteiger partial charge in [0.1, 0.15) is 13.5 Å². The summed E-state index contributed by atoms with van der Waals surface area (Å²) in [7, 11) is -1.56. The Kier molecular flexibility index (Phi) is 4.61. The van der Waals surface area contributed by atoms with Crippen LogP contribution in [0.1, 0.15) is 27.2 Å². The van der Waals surface area contributed by atoms with E-state index in [0.29, 0.717) is 5.41 Å². The fourth-order valence-corrected chi connectivity index (χ4v) is 2.85. The third kappa shape index (κ3) is 5.04. The predicted octanol–water partition coefficient (Wildman–Crippen LogP) is 3.43. The lowest BCUT2D eigenvalue weighted by Gasteiger charge is -2.18. The Labute approximate surface area is 83.2 Å². The molecule has 1 unspecified atom stereocenters. The minimum atomic E-state index is -1.56. The van der Waals surface area contributed by atoms with E-state index in [0.717, 1.165) is 6.42 Å². The second kappa shape index (κ2) is 4.75. The highest BCUT2D eigenvalue weighted by Crippen LogP contribution is 2.14. The van der Waals surface area contributed by atoms with Gasteiger partial charge in [0.05, 0.1) is 0 Å². The summed E-state index contributed by atoms with van der Waals surface area (Å²) in [6.45, 7) is 12.6. The van der Waals surface area contributed by atoms with Crippen LogP contribution in [-0.2, 0) is 4.79 Å². The van der Waals surface area contributed by atoms with Crippen LogP contribution in [0.3, 0.4) is 0 Å². The number of rotatable bonds is 4. The molecule has 0 amide bonds. The van der Waals surface area contributed by atoms with E-state index in [-0.39, 0.29) is 5.92 Å². The molecule has 1 nitrogen and oxygen atoms in total. The Morgan fingerprint density at radius 3 is 2.08 bits per heavy atom. The normalized spacial score (nSPS) is 13.7. The van der Waals surface area contributed by atoms with Gasteiger partial charge in [0.15, 0.2) is 0 Å². The monoisotopic (exact) mass is 198 g/mol. The highest BCUT2D eigenvalue weighted by Gasteiger charge is 2.27. The zero-order valence-corrected chi connectivity index (χ0v) is 10.8. The molecule has 0 saturated heterocycles. The average molecular weight is 198 g/mol. The van der Waals surface area contributed by atoms with E-state index < -0.39 is 8.07 Å². The molecule has 76 valence electrons. The van der Waals surface area contributed by atoms with Gasteiger partial charge >= 0.3 is 0 Å². The smallest absolute Gasteiger partial charge is 0.124 e. The lowest BCUT2D eigenvalue weighted by molar-refractivity contribution is -0.115. The predicted molar refractivity (Wildman–Crippen MR) is 61.6 cm³/mol. The van der Waals surface area contributed by atoms with E-state index in [4.69, 9.17) is 0 Å². The molecule has 0 N–H and O–H groups in total. The van der Waals surface area contributed by atoms with Gasteiger partial charge in [-0.3, -0.25) is 0 Å². The van der Waals surface area contributed by atoms with Crippen molar-refractivity contribution in [1.29, 1.82) is 0 Å². The van der Waals surface area contributed by atoms with Crippen LogP contribution in [0.25, 0.3) is 0 Å². The first kappa shape index (κ1) is 12.6. The van der Waals surface area contributed by atoms with Crippen LogP contribution in [0, 0.1) is 5.92 Å². The van der Waals surface area contributed by atoms with E-state index >= 15 is 0 Å². The zero-order chi connectivity index (χ0) is 10.6. The molecule has 0 aromatic rings. The Bertz CT molecular complexity index is 207. The van der Waals surface area contributed by atoms with E-state index in [9.17, 15) is 4.79 Å². The molecule has 0 fully saturated rings. The standard InChI is InChI=1S/C11H22OSi/c1-9(2)7-8-10(3)11(12)13(4,5)6/h7,10H,8H2,1-6H3. The van der Waals surface area contributed by atoms with Crippen molar-refractivity contribution < 1.29 is 4.79 Å². The van der Waals surface area contributed by atoms with Gasteiger partial charge in [0, 0.05) is 5.92 Å². The first-order chi connectivity index (χ1) is 5.75. The van der Waals surface area contributed by atoms with Gasteiger partial charge in [0.2, 0.25) is 0 Å². The molecule has 0 aliphatic carbocycles. The maximum absolute atomic E-state index is 11.8. The largest absolute Gasteiger partial charge is 0.305 e. The van der Waals surface area contributed by atoms with Crippen molar-refractivity contribution in [3.05, 3.63) is 11.6 Å². The van der Waals surface area contributed by atoms with Crippen molar-refractivity contribution >= 4 is 13.5 Å². The molecule has 1 atom stereocenters. The van der Waals surface area contributed by atoms with Crippen LogP contribution < -0.4 is 0 Å². The van der Waals surface area contributed by atoms with Gasteiger partial charge < -0.3 is 4.79 Å². The molecule has 13 heavy (non-hydrogen) atoms. The quantitative estimate of drug-likeness (QED) is 0.499. The van der Waals surface area contributed by atoms with E-state index in [1.807, 2.05) is 6.92 Å². The molecule has 2 heteroatoms. The van der Waals surface area contributed by atoms with Crippen LogP contribution in [0.15, 0.2) is 11.6 Å². The molecule has 0 aliphatic heterocycles. The van der Waals surface area contributed by atoms with Gasteiger partial charge in [0.25, 0.3) is 0 Å². The minimum Gasteiger partial charge on any atom is -0.305 e. The number of carbonyl (C=O) groups is 1. The second-order valence-electron chi connectivity index (χ2n) is 5.03. The van der Waals surface area contributed by atoms with E-state index in [1.54, 1.807) is 0 Å². The topological polar surface area (TPSA) is 17.1 Å². The molecular weight excluding hydrogens is 176 g/mol. The molecule has 0 spiro atoms. The first-order valence-electron chi connectivity index (χ1n) is 4.93. The molecule has 0 radical (unpaired) electrons. The van der Waals surface area contributed by atoms with Crippen molar-refractivity contribution in [2.24, 2.45) is 5.92 Å². The van der Waals surface area contributed by atoms with Gasteiger partial charge in [-0.2, -0.15) is 0 Å². The summed E-state index contributed by atoms with van der Waals surface area (Å²) in [5.41, 5.74) is 1.30. The van der Waals surface area contributed by atoms with Crippen LogP contribution in [-0.4, -0.2) is 13.5 Å². The zero-order valence-electron chi connectivity index (χ0n) is 9.77. The van der Waals surface area contributed by atoms with Crippen molar-refractivity contribution in [1.82, 2.24) is 0 Å². The van der Waals surface area contributed by atoms with E-state index in [2.05, 4.69) is 39.6 Å². The summed E-state index contributed by atoms with van der Waals surface area (Å²) >= 11 is 0. The summed E-state index contributed by atoms with van der Waals surface area (Å²) in [5, 5.41) is 0.491. The summed E-state index contributed by atoms with van der Waals surface area (Å²) in [5.74, 6) is 0.210. The van der Waals surface area contributed by atoms with Crippen molar-refractivity contribution in [2.45, 2.75) is 46.8 Å². The number of allylic oxidation sites excluding steroid dienone is 2. The molecule has 0 saturated carbocycles. The van der Waals surface area contributed by atoms with Gasteiger partial charge in [-0.25, -0.2) is 0 Å². The number of hydrogen-bond donors (Lipinski definition) is 0. The van der Waals surface area contributed by atoms with E-state index in [1.165, 1.54) is 5.57 Å². The molecule has 0 rings (SSSR count). The lowest BCUT2D eigenvalue weighted by atomic mass is 10.1. The Balaban J connectivity index is 4.21. The van der Waals surface area contributed by atoms with Crippen molar-refractivity contribution in [3.8, 4) is 0 Å². The fourth-order valence-electron chi connectivity index (χ4n) is 1.26. The molecule has 0 bridgehead atoms. The average Bonchev–Trinajstić information content (AvgIpc) is 1.96. The third-order valence-corrected chi connectivity index (χ3v) is 4.04. The van der Waals surface area contributed by atoms with Gasteiger partial charge in [-0.05, 0) is 20.3 Å². The Hall–Kier alpha value is -0.373. The van der Waals surface area contributed by atoms with Crippen LogP contribution >= 0.6 is 0 Å².